The van der Waals surface area contributed by atoms with E-state index in [1.54, 1.807) is 48.2 Å². The van der Waals surface area contributed by atoms with Gasteiger partial charge in [0.25, 0.3) is 11.8 Å². The van der Waals surface area contributed by atoms with Crippen molar-refractivity contribution in [3.05, 3.63) is 107 Å². The number of amides is 2. The van der Waals surface area contributed by atoms with Crippen LogP contribution in [0.15, 0.2) is 83.4 Å². The fraction of sp³-hybridized carbons (Fsp3) is 0.267. The Labute approximate surface area is 220 Å². The summed E-state index contributed by atoms with van der Waals surface area (Å²) in [4.78, 5) is 33.1. The van der Waals surface area contributed by atoms with Gasteiger partial charge in [-0.2, -0.15) is 4.98 Å². The molecule has 38 heavy (non-hydrogen) atoms. The number of benzene rings is 3. The molecular formula is C30H29FN4O3. The topological polar surface area (TPSA) is 88.3 Å². The smallest absolute Gasteiger partial charge is 0.257 e. The zero-order valence-electron chi connectivity index (χ0n) is 21.4. The Balaban J connectivity index is 1.33. The fourth-order valence-electron chi connectivity index (χ4n) is 5.02. The number of carbonyl (C=O) groups is 2. The van der Waals surface area contributed by atoms with Crippen molar-refractivity contribution in [3.8, 4) is 11.5 Å². The molecule has 1 saturated heterocycles. The van der Waals surface area contributed by atoms with E-state index in [0.29, 0.717) is 43.2 Å². The van der Waals surface area contributed by atoms with Gasteiger partial charge in [-0.1, -0.05) is 47.6 Å². The molecule has 8 heteroatoms. The number of hydrogen-bond acceptors (Lipinski definition) is 5. The van der Waals surface area contributed by atoms with E-state index in [1.165, 1.54) is 12.1 Å². The fourth-order valence-corrected chi connectivity index (χ4v) is 5.02. The van der Waals surface area contributed by atoms with Crippen LogP contribution in [0.3, 0.4) is 0 Å². The Kier molecular flexibility index (Phi) is 7.05. The second-order valence-corrected chi connectivity index (χ2v) is 9.71. The van der Waals surface area contributed by atoms with Crippen LogP contribution in [0.4, 0.5) is 4.39 Å². The molecule has 0 aliphatic carbocycles. The average Bonchev–Trinajstić information content (AvgIpc) is 3.39. The van der Waals surface area contributed by atoms with Gasteiger partial charge in [-0.05, 0) is 74.2 Å². The van der Waals surface area contributed by atoms with Gasteiger partial charge < -0.3 is 14.7 Å². The molecule has 1 aliphatic heterocycles. The number of nitrogens with one attached hydrogen (secondary N) is 1. The summed E-state index contributed by atoms with van der Waals surface area (Å²) in [5.41, 5.74) is 2.17. The third kappa shape index (κ3) is 5.07. The molecule has 0 saturated carbocycles. The third-order valence-corrected chi connectivity index (χ3v) is 7.29. The van der Waals surface area contributed by atoms with E-state index in [2.05, 4.69) is 15.5 Å². The molecule has 0 bridgehead atoms. The summed E-state index contributed by atoms with van der Waals surface area (Å²) < 4.78 is 18.9. The molecule has 1 aromatic heterocycles. The molecule has 7 nitrogen and oxygen atoms in total. The van der Waals surface area contributed by atoms with E-state index in [1.807, 2.05) is 37.3 Å². The SMILES string of the molecule is Cc1noc(-c2ccc(C(=O)N3CCC(C(=O)N[C@@H](C)c4ccccc4)(c4ccc(F)cc4)CC3)cc2)n1. The molecule has 1 fully saturated rings. The third-order valence-electron chi connectivity index (χ3n) is 7.29. The maximum Gasteiger partial charge on any atom is 0.257 e. The molecule has 2 amide bonds. The number of likely N-dealkylation sites (tertiary alicyclic amines) is 1. The van der Waals surface area contributed by atoms with E-state index in [0.717, 1.165) is 16.7 Å². The molecule has 194 valence electrons. The van der Waals surface area contributed by atoms with Crippen LogP contribution < -0.4 is 5.32 Å². The molecule has 0 unspecified atom stereocenters. The largest absolute Gasteiger partial charge is 0.349 e. The van der Waals surface area contributed by atoms with E-state index >= 15 is 0 Å². The minimum atomic E-state index is -0.868. The summed E-state index contributed by atoms with van der Waals surface area (Å²) in [5, 5.41) is 6.96. The van der Waals surface area contributed by atoms with Crippen molar-refractivity contribution in [2.45, 2.75) is 38.1 Å². The van der Waals surface area contributed by atoms with Gasteiger partial charge >= 0.3 is 0 Å². The molecule has 3 aromatic carbocycles. The van der Waals surface area contributed by atoms with Gasteiger partial charge in [0.05, 0.1) is 11.5 Å². The van der Waals surface area contributed by atoms with Crippen LogP contribution in [0.2, 0.25) is 0 Å². The van der Waals surface area contributed by atoms with E-state index in [-0.39, 0.29) is 23.7 Å². The minimum absolute atomic E-state index is 0.107. The molecule has 1 N–H and O–H groups in total. The Bertz CT molecular complexity index is 1410. The first kappa shape index (κ1) is 25.3. The van der Waals surface area contributed by atoms with Gasteiger partial charge in [0.2, 0.25) is 5.91 Å². The number of halogens is 1. The average molecular weight is 513 g/mol. The van der Waals surface area contributed by atoms with Gasteiger partial charge in [-0.25, -0.2) is 4.39 Å². The van der Waals surface area contributed by atoms with Gasteiger partial charge in [0.15, 0.2) is 5.82 Å². The van der Waals surface area contributed by atoms with Crippen LogP contribution in [-0.4, -0.2) is 39.9 Å². The lowest BCUT2D eigenvalue weighted by Crippen LogP contribution is -2.53. The van der Waals surface area contributed by atoms with E-state index in [4.69, 9.17) is 4.52 Å². The molecule has 1 aliphatic rings. The highest BCUT2D eigenvalue weighted by Crippen LogP contribution is 2.37. The van der Waals surface area contributed by atoms with Gasteiger partial charge in [-0.3, -0.25) is 9.59 Å². The number of carbonyl (C=O) groups excluding carboxylic acids is 2. The maximum atomic E-state index is 13.8. The highest BCUT2D eigenvalue weighted by atomic mass is 19.1. The first-order valence-electron chi connectivity index (χ1n) is 12.7. The normalized spacial score (nSPS) is 15.6. The molecular weight excluding hydrogens is 483 g/mol. The van der Waals surface area contributed by atoms with Crippen molar-refractivity contribution >= 4 is 11.8 Å². The molecule has 0 spiro atoms. The van der Waals surface area contributed by atoms with Crippen molar-refractivity contribution in [2.24, 2.45) is 0 Å². The zero-order chi connectivity index (χ0) is 26.7. The van der Waals surface area contributed by atoms with Crippen molar-refractivity contribution in [1.82, 2.24) is 20.4 Å². The monoisotopic (exact) mass is 512 g/mol. The molecule has 1 atom stereocenters. The summed E-state index contributed by atoms with van der Waals surface area (Å²) in [6, 6.07) is 22.7. The summed E-state index contributed by atoms with van der Waals surface area (Å²) in [6.45, 7) is 4.49. The number of aromatic nitrogens is 2. The second-order valence-electron chi connectivity index (χ2n) is 9.71. The lowest BCUT2D eigenvalue weighted by Gasteiger charge is -2.41. The Hall–Kier alpha value is -4.33. The lowest BCUT2D eigenvalue weighted by molar-refractivity contribution is -0.129. The van der Waals surface area contributed by atoms with Crippen molar-refractivity contribution < 1.29 is 18.5 Å². The lowest BCUT2D eigenvalue weighted by atomic mass is 9.71. The van der Waals surface area contributed by atoms with Crippen molar-refractivity contribution in [3.63, 3.8) is 0 Å². The standard InChI is InChI=1S/C30H29FN4O3/c1-20(22-6-4-3-5-7-22)32-29(37)30(25-12-14-26(31)15-13-25)16-18-35(19-17-30)28(36)24-10-8-23(9-11-24)27-33-21(2)34-38-27/h3-15,20H,16-19H2,1-2H3,(H,32,37)/t20-/m0/s1. The Morgan fingerprint density at radius 3 is 2.24 bits per heavy atom. The van der Waals surface area contributed by atoms with Gasteiger partial charge in [0, 0.05) is 24.2 Å². The molecule has 0 radical (unpaired) electrons. The second kappa shape index (κ2) is 10.6. The molecule has 5 rings (SSSR count). The van der Waals surface area contributed by atoms with Crippen LogP contribution in [0.5, 0.6) is 0 Å². The van der Waals surface area contributed by atoms with Crippen LogP contribution in [0.1, 0.15) is 53.1 Å². The quantitative estimate of drug-likeness (QED) is 0.382. The first-order chi connectivity index (χ1) is 18.4. The van der Waals surface area contributed by atoms with E-state index in [9.17, 15) is 14.0 Å². The van der Waals surface area contributed by atoms with Crippen molar-refractivity contribution in [1.29, 1.82) is 0 Å². The zero-order valence-corrected chi connectivity index (χ0v) is 21.4. The van der Waals surface area contributed by atoms with Crippen LogP contribution in [-0.2, 0) is 10.2 Å². The summed E-state index contributed by atoms with van der Waals surface area (Å²) in [6.07, 6.45) is 0.855. The Morgan fingerprint density at radius 1 is 0.974 bits per heavy atom. The molecule has 4 aromatic rings. The summed E-state index contributed by atoms with van der Waals surface area (Å²) in [5.74, 6) is 0.365. The van der Waals surface area contributed by atoms with Crippen LogP contribution >= 0.6 is 0 Å². The minimum Gasteiger partial charge on any atom is -0.349 e. The predicted octanol–water partition coefficient (Wildman–Crippen LogP) is 5.24. The van der Waals surface area contributed by atoms with Gasteiger partial charge in [-0.15, -0.1) is 0 Å². The predicted molar refractivity (Wildman–Crippen MR) is 141 cm³/mol. The number of nitrogens with zero attached hydrogens (tertiary/aromatic N) is 3. The summed E-state index contributed by atoms with van der Waals surface area (Å²) >= 11 is 0. The van der Waals surface area contributed by atoms with Crippen LogP contribution in [0.25, 0.3) is 11.5 Å². The number of hydrogen-bond donors (Lipinski definition) is 1. The highest BCUT2D eigenvalue weighted by molar-refractivity contribution is 5.95. The van der Waals surface area contributed by atoms with Crippen LogP contribution in [0, 0.1) is 12.7 Å². The highest BCUT2D eigenvalue weighted by Gasteiger charge is 2.44. The Morgan fingerprint density at radius 2 is 1.63 bits per heavy atom. The first-order valence-corrected chi connectivity index (χ1v) is 12.7. The van der Waals surface area contributed by atoms with E-state index < -0.39 is 5.41 Å². The van der Waals surface area contributed by atoms with Crippen molar-refractivity contribution in [2.75, 3.05) is 13.1 Å². The van der Waals surface area contributed by atoms with Gasteiger partial charge in [0.1, 0.15) is 5.82 Å². The number of aryl methyl sites for hydroxylation is 1. The number of rotatable bonds is 6. The molecule has 2 heterocycles. The number of piperidine rings is 1. The summed E-state index contributed by atoms with van der Waals surface area (Å²) in [7, 11) is 0. The maximum absolute atomic E-state index is 13.8.